The molecule has 1 fully saturated rings. The Morgan fingerprint density at radius 2 is 1.97 bits per heavy atom. The molecule has 0 saturated carbocycles. The second-order valence-electron chi connectivity index (χ2n) is 10.0. The second-order valence-corrected chi connectivity index (χ2v) is 10.0. The Hall–Kier alpha value is -3.09. The Labute approximate surface area is 214 Å². The van der Waals surface area contributed by atoms with Gasteiger partial charge in [0.05, 0.1) is 13.2 Å². The van der Waals surface area contributed by atoms with Crippen molar-refractivity contribution in [2.75, 3.05) is 26.2 Å². The van der Waals surface area contributed by atoms with Crippen molar-refractivity contribution < 1.29 is 9.53 Å². The van der Waals surface area contributed by atoms with Crippen LogP contribution in [0.2, 0.25) is 0 Å². The van der Waals surface area contributed by atoms with Crippen LogP contribution in [0.15, 0.2) is 61.2 Å². The van der Waals surface area contributed by atoms with Gasteiger partial charge in [-0.3, -0.25) is 4.90 Å². The number of urea groups is 1. The molecular weight excluding hydrogens is 448 g/mol. The normalized spacial score (nSPS) is 21.2. The monoisotopic (exact) mass is 486 g/mol. The Balaban J connectivity index is 1.40. The second kappa shape index (κ2) is 10.9. The number of carbonyl (C=O) groups is 1. The van der Waals surface area contributed by atoms with Gasteiger partial charge in [-0.2, -0.15) is 0 Å². The smallest absolute Gasteiger partial charge is 0.317 e. The van der Waals surface area contributed by atoms with Crippen molar-refractivity contribution in [3.8, 4) is 0 Å². The van der Waals surface area contributed by atoms with Gasteiger partial charge in [0, 0.05) is 60.8 Å². The highest BCUT2D eigenvalue weighted by Gasteiger charge is 2.41. The Kier molecular flexibility index (Phi) is 7.44. The third-order valence-corrected chi connectivity index (χ3v) is 7.89. The number of hydrogen-bond acceptors (Lipinski definition) is 3. The van der Waals surface area contributed by atoms with E-state index in [0.29, 0.717) is 25.2 Å². The lowest BCUT2D eigenvalue weighted by Gasteiger charge is -2.47. The summed E-state index contributed by atoms with van der Waals surface area (Å²) in [4.78, 5) is 20.9. The lowest BCUT2D eigenvalue weighted by molar-refractivity contribution is 0.0995. The molecule has 1 aliphatic heterocycles. The van der Waals surface area contributed by atoms with Crippen LogP contribution in [0.1, 0.15) is 48.6 Å². The number of nitrogens with one attached hydrogen (secondary N) is 2. The largest absolute Gasteiger partial charge is 0.371 e. The molecule has 5 rings (SSSR count). The predicted octanol–water partition coefficient (Wildman–Crippen LogP) is 5.20. The summed E-state index contributed by atoms with van der Waals surface area (Å²) in [7, 11) is 0. The van der Waals surface area contributed by atoms with Crippen LogP contribution in [0.4, 0.5) is 4.79 Å². The quantitative estimate of drug-likeness (QED) is 0.409. The summed E-state index contributed by atoms with van der Waals surface area (Å²) in [5.74, 6) is 0.366. The molecule has 0 unspecified atom stereocenters. The fourth-order valence-corrected chi connectivity index (χ4v) is 6.19. The maximum absolute atomic E-state index is 12.9. The molecule has 3 atom stereocenters. The van der Waals surface area contributed by atoms with Crippen LogP contribution in [-0.2, 0) is 24.4 Å². The highest BCUT2D eigenvalue weighted by molar-refractivity contribution is 5.89. The van der Waals surface area contributed by atoms with Crippen LogP contribution >= 0.6 is 0 Å². The van der Waals surface area contributed by atoms with E-state index >= 15 is 0 Å². The molecule has 2 N–H and O–H groups in total. The minimum absolute atomic E-state index is 0.0382. The number of amides is 2. The highest BCUT2D eigenvalue weighted by atomic mass is 16.5. The topological polar surface area (TPSA) is 60.6 Å². The Morgan fingerprint density at radius 1 is 1.17 bits per heavy atom. The van der Waals surface area contributed by atoms with Crippen molar-refractivity contribution in [3.63, 3.8) is 0 Å². The van der Waals surface area contributed by atoms with Gasteiger partial charge in [-0.05, 0) is 49.4 Å². The van der Waals surface area contributed by atoms with Crippen molar-refractivity contribution >= 4 is 16.9 Å². The first-order chi connectivity index (χ1) is 17.6. The van der Waals surface area contributed by atoms with Crippen molar-refractivity contribution in [2.24, 2.45) is 0 Å². The van der Waals surface area contributed by atoms with Gasteiger partial charge >= 0.3 is 6.03 Å². The van der Waals surface area contributed by atoms with E-state index in [4.69, 9.17) is 4.74 Å². The number of hydrogen-bond donors (Lipinski definition) is 2. The number of rotatable bonds is 9. The zero-order valence-corrected chi connectivity index (χ0v) is 21.5. The van der Waals surface area contributed by atoms with Crippen LogP contribution in [0, 0.1) is 0 Å². The number of aromatic nitrogens is 1. The number of fused-ring (bicyclic) bond motifs is 2. The summed E-state index contributed by atoms with van der Waals surface area (Å²) < 4.78 is 6.14. The molecule has 2 heterocycles. The number of ether oxygens (including phenoxy) is 1. The van der Waals surface area contributed by atoms with Gasteiger partial charge < -0.3 is 19.9 Å². The zero-order valence-electron chi connectivity index (χ0n) is 21.5. The molecule has 6 heteroatoms. The molecule has 1 saturated heterocycles. The summed E-state index contributed by atoms with van der Waals surface area (Å²) in [5.41, 5.74) is 6.33. The molecule has 190 valence electrons. The van der Waals surface area contributed by atoms with Crippen molar-refractivity contribution in [1.82, 2.24) is 20.1 Å². The van der Waals surface area contributed by atoms with Crippen molar-refractivity contribution in [2.45, 2.75) is 57.9 Å². The summed E-state index contributed by atoms with van der Waals surface area (Å²) >= 11 is 0. The summed E-state index contributed by atoms with van der Waals surface area (Å²) in [6.45, 7) is 12.4. The Morgan fingerprint density at radius 3 is 2.72 bits per heavy atom. The van der Waals surface area contributed by atoms with E-state index in [-0.39, 0.29) is 12.1 Å². The van der Waals surface area contributed by atoms with E-state index in [1.165, 1.54) is 33.3 Å². The number of carbonyl (C=O) groups excluding carboxylic acids is 1. The molecular formula is C30H38N4O2. The lowest BCUT2D eigenvalue weighted by atomic mass is 9.73. The third-order valence-electron chi connectivity index (χ3n) is 7.89. The van der Waals surface area contributed by atoms with Crippen LogP contribution in [0.5, 0.6) is 0 Å². The van der Waals surface area contributed by atoms with Gasteiger partial charge in [0.15, 0.2) is 0 Å². The predicted molar refractivity (Wildman–Crippen MR) is 145 cm³/mol. The van der Waals surface area contributed by atoms with Crippen LogP contribution in [-0.4, -0.2) is 59.1 Å². The molecule has 3 aromatic rings. The SMILES string of the molecule is C=CCN1C[C@@H](NC(=O)N(CC)CC)C[C@@H]2c3cccc4[nH]c(COCc5ccccc5)c(c34)C[C@H]21. The molecule has 1 aromatic heterocycles. The highest BCUT2D eigenvalue weighted by Crippen LogP contribution is 2.44. The first-order valence-electron chi connectivity index (χ1n) is 13.3. The van der Waals surface area contributed by atoms with E-state index in [1.807, 2.05) is 43.0 Å². The molecule has 0 radical (unpaired) electrons. The molecule has 36 heavy (non-hydrogen) atoms. The van der Waals surface area contributed by atoms with Gasteiger partial charge in [-0.1, -0.05) is 48.5 Å². The van der Waals surface area contributed by atoms with Crippen LogP contribution in [0.3, 0.4) is 0 Å². The van der Waals surface area contributed by atoms with Crippen LogP contribution in [0.25, 0.3) is 10.9 Å². The van der Waals surface area contributed by atoms with Gasteiger partial charge in [0.25, 0.3) is 0 Å². The van der Waals surface area contributed by atoms with E-state index < -0.39 is 0 Å². The van der Waals surface area contributed by atoms with E-state index in [0.717, 1.165) is 39.0 Å². The van der Waals surface area contributed by atoms with E-state index in [1.54, 1.807) is 0 Å². The number of piperidine rings is 1. The van der Waals surface area contributed by atoms with Gasteiger partial charge in [-0.25, -0.2) is 4.79 Å². The molecule has 2 aliphatic rings. The molecule has 2 amide bonds. The fraction of sp³-hybridized carbons (Fsp3) is 0.433. The molecule has 0 bridgehead atoms. The molecule has 6 nitrogen and oxygen atoms in total. The summed E-state index contributed by atoms with van der Waals surface area (Å²) in [6, 6.07) is 17.5. The minimum atomic E-state index is 0.0382. The third kappa shape index (κ3) is 4.80. The van der Waals surface area contributed by atoms with Crippen molar-refractivity contribution in [1.29, 1.82) is 0 Å². The number of likely N-dealkylation sites (tertiary alicyclic amines) is 1. The van der Waals surface area contributed by atoms with Gasteiger partial charge in [-0.15, -0.1) is 6.58 Å². The molecule has 1 aliphatic carbocycles. The molecule has 0 spiro atoms. The average Bonchev–Trinajstić information content (AvgIpc) is 3.24. The summed E-state index contributed by atoms with van der Waals surface area (Å²) in [6.07, 6.45) is 3.92. The van der Waals surface area contributed by atoms with Gasteiger partial charge in [0.2, 0.25) is 0 Å². The lowest BCUT2D eigenvalue weighted by Crippen LogP contribution is -2.57. The Bertz CT molecular complexity index is 1200. The van der Waals surface area contributed by atoms with E-state index in [2.05, 4.69) is 52.1 Å². The first-order valence-corrected chi connectivity index (χ1v) is 13.3. The zero-order chi connectivity index (χ0) is 25.1. The standard InChI is InChI=1S/C30H38N4O2/c1-4-15-34-18-22(31-30(35)33(5-2)6-3)16-24-23-13-10-14-26-29(23)25(17-28(24)34)27(32-26)20-36-19-21-11-8-7-9-12-21/h4,7-14,22,24,28,32H,1,5-6,15-20H2,2-3H3,(H,31,35)/t22-,24+,28+/m0/s1. The first kappa shape index (κ1) is 24.6. The van der Waals surface area contributed by atoms with E-state index in [9.17, 15) is 4.79 Å². The molecule has 2 aromatic carbocycles. The minimum Gasteiger partial charge on any atom is -0.371 e. The maximum Gasteiger partial charge on any atom is 0.317 e. The average molecular weight is 487 g/mol. The number of nitrogens with zero attached hydrogens (tertiary/aromatic N) is 2. The van der Waals surface area contributed by atoms with Crippen LogP contribution < -0.4 is 5.32 Å². The number of H-pyrrole nitrogens is 1. The number of benzene rings is 2. The summed E-state index contributed by atoms with van der Waals surface area (Å²) in [5, 5.41) is 4.68. The van der Waals surface area contributed by atoms with Crippen molar-refractivity contribution in [3.05, 3.63) is 83.6 Å². The fourth-order valence-electron chi connectivity index (χ4n) is 6.19. The maximum atomic E-state index is 12.9. The number of aromatic amines is 1. The van der Waals surface area contributed by atoms with Gasteiger partial charge in [0.1, 0.15) is 0 Å².